The maximum atomic E-state index is 12.6. The van der Waals surface area contributed by atoms with Crippen LogP contribution >= 0.6 is 0 Å². The number of aromatic amines is 1. The highest BCUT2D eigenvalue weighted by molar-refractivity contribution is 5.90. The Balaban J connectivity index is 1.54. The van der Waals surface area contributed by atoms with E-state index < -0.39 is 0 Å². The van der Waals surface area contributed by atoms with Crippen LogP contribution in [0.2, 0.25) is 0 Å². The topological polar surface area (TPSA) is 75.1 Å². The highest BCUT2D eigenvalue weighted by Crippen LogP contribution is 2.22. The number of rotatable bonds is 4. The number of benzene rings is 1. The average Bonchev–Trinajstić information content (AvgIpc) is 3.16. The van der Waals surface area contributed by atoms with Gasteiger partial charge in [0.25, 0.3) is 0 Å². The van der Waals surface area contributed by atoms with Crippen LogP contribution in [0.25, 0.3) is 16.6 Å². The molecule has 0 aliphatic heterocycles. The maximum Gasteiger partial charge on any atom is 0.225 e. The Morgan fingerprint density at radius 3 is 2.88 bits per heavy atom. The van der Waals surface area contributed by atoms with Crippen molar-refractivity contribution in [3.05, 3.63) is 65.7 Å². The minimum Gasteiger partial charge on any atom is -0.358 e. The molecule has 6 nitrogen and oxygen atoms in total. The van der Waals surface area contributed by atoms with E-state index in [9.17, 15) is 4.79 Å². The van der Waals surface area contributed by atoms with Crippen LogP contribution in [0.1, 0.15) is 30.0 Å². The van der Waals surface area contributed by atoms with Crippen molar-refractivity contribution in [1.82, 2.24) is 24.9 Å². The first-order valence-corrected chi connectivity index (χ1v) is 8.28. The molecule has 4 rings (SSSR count). The second-order valence-corrected chi connectivity index (χ2v) is 6.23. The summed E-state index contributed by atoms with van der Waals surface area (Å²) in [4.78, 5) is 15.9. The lowest BCUT2D eigenvalue weighted by molar-refractivity contribution is -0.121. The molecule has 126 valence electrons. The second kappa shape index (κ2) is 6.05. The van der Waals surface area contributed by atoms with Gasteiger partial charge in [0, 0.05) is 22.8 Å². The van der Waals surface area contributed by atoms with Crippen LogP contribution in [0, 0.1) is 6.92 Å². The summed E-state index contributed by atoms with van der Waals surface area (Å²) in [5, 5.41) is 12.5. The number of nitrogens with one attached hydrogen (secondary N) is 2. The summed E-state index contributed by atoms with van der Waals surface area (Å²) >= 11 is 0. The Labute approximate surface area is 144 Å². The summed E-state index contributed by atoms with van der Waals surface area (Å²) in [5.74, 6) is 0.688. The Kier molecular flexibility index (Phi) is 3.72. The summed E-state index contributed by atoms with van der Waals surface area (Å²) < 4.78 is 1.89. The van der Waals surface area contributed by atoms with E-state index in [-0.39, 0.29) is 11.9 Å². The number of hydrogen-bond donors (Lipinski definition) is 2. The summed E-state index contributed by atoms with van der Waals surface area (Å²) in [6, 6.07) is 13.5. The zero-order chi connectivity index (χ0) is 17.4. The number of aromatic nitrogens is 4. The SMILES string of the molecule is Cc1[nH]c2ccccc2c1CC(=O)NC(C)c1nnc2ccccn12. The Hall–Kier alpha value is -3.15. The third-order valence-corrected chi connectivity index (χ3v) is 4.47. The van der Waals surface area contributed by atoms with Crippen LogP contribution in [0.5, 0.6) is 0 Å². The van der Waals surface area contributed by atoms with Crippen molar-refractivity contribution in [1.29, 1.82) is 0 Å². The fourth-order valence-corrected chi connectivity index (χ4v) is 3.24. The Bertz CT molecular complexity index is 1060. The van der Waals surface area contributed by atoms with Crippen molar-refractivity contribution in [3.8, 4) is 0 Å². The second-order valence-electron chi connectivity index (χ2n) is 6.23. The molecule has 0 fully saturated rings. The number of amides is 1. The van der Waals surface area contributed by atoms with Crippen LogP contribution in [-0.2, 0) is 11.2 Å². The van der Waals surface area contributed by atoms with E-state index in [1.807, 2.05) is 66.9 Å². The van der Waals surface area contributed by atoms with E-state index in [0.29, 0.717) is 6.42 Å². The number of H-pyrrole nitrogens is 1. The molecule has 0 aliphatic rings. The van der Waals surface area contributed by atoms with Gasteiger partial charge in [0.05, 0.1) is 12.5 Å². The van der Waals surface area contributed by atoms with Gasteiger partial charge in [-0.2, -0.15) is 0 Å². The quantitative estimate of drug-likeness (QED) is 0.603. The lowest BCUT2D eigenvalue weighted by Crippen LogP contribution is -2.29. The van der Waals surface area contributed by atoms with Crippen LogP contribution in [0.3, 0.4) is 0 Å². The van der Waals surface area contributed by atoms with E-state index >= 15 is 0 Å². The van der Waals surface area contributed by atoms with Crippen molar-refractivity contribution in [2.24, 2.45) is 0 Å². The summed E-state index contributed by atoms with van der Waals surface area (Å²) in [7, 11) is 0. The van der Waals surface area contributed by atoms with Crippen molar-refractivity contribution in [2.75, 3.05) is 0 Å². The van der Waals surface area contributed by atoms with Crippen molar-refractivity contribution in [2.45, 2.75) is 26.3 Å². The van der Waals surface area contributed by atoms with Gasteiger partial charge >= 0.3 is 0 Å². The van der Waals surface area contributed by atoms with Gasteiger partial charge in [-0.05, 0) is 37.6 Å². The molecule has 0 radical (unpaired) electrons. The largest absolute Gasteiger partial charge is 0.358 e. The summed E-state index contributed by atoms with van der Waals surface area (Å²) in [6.45, 7) is 3.92. The Morgan fingerprint density at radius 1 is 1.20 bits per heavy atom. The van der Waals surface area contributed by atoms with Gasteiger partial charge in [0.1, 0.15) is 0 Å². The van der Waals surface area contributed by atoms with Crippen molar-refractivity contribution in [3.63, 3.8) is 0 Å². The molecule has 1 aromatic carbocycles. The van der Waals surface area contributed by atoms with Gasteiger partial charge in [0.15, 0.2) is 11.5 Å². The molecule has 3 heterocycles. The molecule has 0 saturated carbocycles. The van der Waals surface area contributed by atoms with Gasteiger partial charge in [-0.15, -0.1) is 10.2 Å². The first-order chi connectivity index (χ1) is 12.1. The summed E-state index contributed by atoms with van der Waals surface area (Å²) in [5.41, 5.74) is 3.88. The lowest BCUT2D eigenvalue weighted by Gasteiger charge is -2.12. The first kappa shape index (κ1) is 15.4. The molecule has 1 atom stereocenters. The number of fused-ring (bicyclic) bond motifs is 2. The van der Waals surface area contributed by atoms with Gasteiger partial charge in [-0.1, -0.05) is 24.3 Å². The standard InChI is InChI=1S/C19H19N5O/c1-12-15(14-7-3-4-8-16(14)20-12)11-18(25)21-13(2)19-23-22-17-9-5-6-10-24(17)19/h3-10,13,20H,11H2,1-2H3,(H,21,25). The lowest BCUT2D eigenvalue weighted by atomic mass is 10.1. The highest BCUT2D eigenvalue weighted by atomic mass is 16.1. The van der Waals surface area contributed by atoms with Crippen molar-refractivity contribution >= 4 is 22.5 Å². The molecule has 0 saturated heterocycles. The van der Waals surface area contributed by atoms with Crippen molar-refractivity contribution < 1.29 is 4.79 Å². The molecule has 3 aromatic heterocycles. The van der Waals surface area contributed by atoms with E-state index in [1.54, 1.807) is 0 Å². The molecule has 0 spiro atoms. The number of hydrogen-bond acceptors (Lipinski definition) is 3. The molecular formula is C19H19N5O. The molecule has 4 aromatic rings. The number of aryl methyl sites for hydroxylation is 1. The van der Waals surface area contributed by atoms with E-state index in [1.165, 1.54) is 0 Å². The number of carbonyl (C=O) groups excluding carboxylic acids is 1. The van der Waals surface area contributed by atoms with Crippen LogP contribution < -0.4 is 5.32 Å². The maximum absolute atomic E-state index is 12.6. The fourth-order valence-electron chi connectivity index (χ4n) is 3.24. The highest BCUT2D eigenvalue weighted by Gasteiger charge is 2.18. The van der Waals surface area contributed by atoms with E-state index in [4.69, 9.17) is 0 Å². The smallest absolute Gasteiger partial charge is 0.225 e. The van der Waals surface area contributed by atoms with E-state index in [0.717, 1.165) is 33.6 Å². The fraction of sp³-hybridized carbons (Fsp3) is 0.211. The molecule has 2 N–H and O–H groups in total. The number of para-hydroxylation sites is 1. The van der Waals surface area contributed by atoms with Gasteiger partial charge < -0.3 is 10.3 Å². The van der Waals surface area contributed by atoms with Crippen LogP contribution in [0.15, 0.2) is 48.7 Å². The number of carbonyl (C=O) groups is 1. The molecule has 6 heteroatoms. The van der Waals surface area contributed by atoms with E-state index in [2.05, 4.69) is 20.5 Å². The van der Waals surface area contributed by atoms with Crippen LogP contribution in [-0.4, -0.2) is 25.5 Å². The normalized spacial score (nSPS) is 12.6. The zero-order valence-electron chi connectivity index (χ0n) is 14.2. The Morgan fingerprint density at radius 2 is 2.00 bits per heavy atom. The predicted octanol–water partition coefficient (Wildman–Crippen LogP) is 2.94. The summed E-state index contributed by atoms with van der Waals surface area (Å²) in [6.07, 6.45) is 2.23. The number of nitrogens with zero attached hydrogens (tertiary/aromatic N) is 3. The zero-order valence-corrected chi connectivity index (χ0v) is 14.2. The average molecular weight is 333 g/mol. The third kappa shape index (κ3) is 2.76. The minimum atomic E-state index is -0.226. The molecule has 1 amide bonds. The van der Waals surface area contributed by atoms with Gasteiger partial charge in [0.2, 0.25) is 5.91 Å². The van der Waals surface area contributed by atoms with Crippen LogP contribution in [0.4, 0.5) is 0 Å². The molecule has 0 bridgehead atoms. The minimum absolute atomic E-state index is 0.0342. The predicted molar refractivity (Wildman–Crippen MR) is 96.3 cm³/mol. The van der Waals surface area contributed by atoms with Gasteiger partial charge in [-0.25, -0.2) is 0 Å². The molecule has 25 heavy (non-hydrogen) atoms. The molecular weight excluding hydrogens is 314 g/mol. The first-order valence-electron chi connectivity index (χ1n) is 8.28. The van der Waals surface area contributed by atoms with Gasteiger partial charge in [-0.3, -0.25) is 9.20 Å². The monoisotopic (exact) mass is 333 g/mol. The number of pyridine rings is 1. The molecule has 1 unspecified atom stereocenters. The molecule has 0 aliphatic carbocycles. The third-order valence-electron chi connectivity index (χ3n) is 4.47.